The Balaban J connectivity index is 0.00000288. The lowest BCUT2D eigenvalue weighted by Crippen LogP contribution is -2.36. The molecule has 0 amide bonds. The largest absolute Gasteiger partial charge is 0.362 e. The van der Waals surface area contributed by atoms with Crippen molar-refractivity contribution >= 4 is 47.1 Å². The molecule has 2 rings (SSSR count). The number of guanidine groups is 1. The standard InChI is InChI=1S/C16H24N6S.HI/c1-11-12(2)23-14(21-11)10-20-16(17-3)19-9-13-7-6-8-18-15(13)22(4)5;/h6-8H,9-10H2,1-5H3,(H2,17,19,20);1H. The fraction of sp³-hybridized carbons (Fsp3) is 0.438. The van der Waals surface area contributed by atoms with Crippen molar-refractivity contribution < 1.29 is 0 Å². The fourth-order valence-corrected chi connectivity index (χ4v) is 3.02. The Morgan fingerprint density at radius 3 is 2.54 bits per heavy atom. The molecule has 0 aliphatic rings. The zero-order valence-electron chi connectivity index (χ0n) is 14.8. The molecule has 0 spiro atoms. The van der Waals surface area contributed by atoms with Crippen molar-refractivity contribution in [1.29, 1.82) is 0 Å². The summed E-state index contributed by atoms with van der Waals surface area (Å²) in [6.45, 7) is 5.46. The minimum atomic E-state index is 0. The van der Waals surface area contributed by atoms with E-state index in [0.29, 0.717) is 13.1 Å². The normalized spacial score (nSPS) is 11.0. The van der Waals surface area contributed by atoms with Gasteiger partial charge < -0.3 is 15.5 Å². The fourth-order valence-electron chi connectivity index (χ4n) is 2.14. The first-order valence-corrected chi connectivity index (χ1v) is 8.31. The number of hydrogen-bond acceptors (Lipinski definition) is 5. The third kappa shape index (κ3) is 5.59. The number of aliphatic imine (C=N–C) groups is 1. The van der Waals surface area contributed by atoms with E-state index in [1.54, 1.807) is 24.6 Å². The molecule has 0 radical (unpaired) electrons. The predicted octanol–water partition coefficient (Wildman–Crippen LogP) is 2.70. The van der Waals surface area contributed by atoms with Gasteiger partial charge in [-0.15, -0.1) is 35.3 Å². The quantitative estimate of drug-likeness (QED) is 0.408. The molecule has 0 bridgehead atoms. The van der Waals surface area contributed by atoms with Crippen LogP contribution in [0.2, 0.25) is 0 Å². The van der Waals surface area contributed by atoms with Crippen LogP contribution in [-0.2, 0) is 13.1 Å². The van der Waals surface area contributed by atoms with Crippen molar-refractivity contribution in [3.8, 4) is 0 Å². The molecule has 0 atom stereocenters. The highest BCUT2D eigenvalue weighted by atomic mass is 127. The average Bonchev–Trinajstić information content (AvgIpc) is 2.86. The molecule has 6 nitrogen and oxygen atoms in total. The molecule has 0 aromatic carbocycles. The van der Waals surface area contributed by atoms with E-state index in [-0.39, 0.29) is 24.0 Å². The summed E-state index contributed by atoms with van der Waals surface area (Å²) in [4.78, 5) is 16.5. The zero-order valence-corrected chi connectivity index (χ0v) is 17.9. The van der Waals surface area contributed by atoms with Gasteiger partial charge >= 0.3 is 0 Å². The number of nitrogens with one attached hydrogen (secondary N) is 2. The van der Waals surface area contributed by atoms with Gasteiger partial charge in [-0.2, -0.15) is 0 Å². The molecule has 0 fully saturated rings. The summed E-state index contributed by atoms with van der Waals surface area (Å²) in [7, 11) is 5.75. The lowest BCUT2D eigenvalue weighted by Gasteiger charge is -2.17. The predicted molar refractivity (Wildman–Crippen MR) is 113 cm³/mol. The molecule has 0 aliphatic carbocycles. The first-order chi connectivity index (χ1) is 11.0. The second-order valence-corrected chi connectivity index (χ2v) is 6.70. The van der Waals surface area contributed by atoms with Crippen LogP contribution >= 0.6 is 35.3 Å². The summed E-state index contributed by atoms with van der Waals surface area (Å²) in [5.41, 5.74) is 2.22. The maximum absolute atomic E-state index is 4.53. The molecular formula is C16H25IN6S. The molecule has 2 heterocycles. The zero-order chi connectivity index (χ0) is 16.8. The van der Waals surface area contributed by atoms with E-state index in [1.807, 2.05) is 32.0 Å². The van der Waals surface area contributed by atoms with Gasteiger partial charge in [0.15, 0.2) is 5.96 Å². The lowest BCUT2D eigenvalue weighted by atomic mass is 10.2. The van der Waals surface area contributed by atoms with Gasteiger partial charge in [0.25, 0.3) is 0 Å². The van der Waals surface area contributed by atoms with E-state index in [9.17, 15) is 0 Å². The number of pyridine rings is 1. The van der Waals surface area contributed by atoms with Crippen LogP contribution in [0, 0.1) is 13.8 Å². The van der Waals surface area contributed by atoms with Gasteiger partial charge in [-0.25, -0.2) is 9.97 Å². The van der Waals surface area contributed by atoms with Gasteiger partial charge in [0.2, 0.25) is 0 Å². The van der Waals surface area contributed by atoms with Gasteiger partial charge in [-0.3, -0.25) is 4.99 Å². The summed E-state index contributed by atoms with van der Waals surface area (Å²) >= 11 is 1.71. The monoisotopic (exact) mass is 460 g/mol. The molecule has 132 valence electrons. The highest BCUT2D eigenvalue weighted by molar-refractivity contribution is 14.0. The topological polar surface area (TPSA) is 65.4 Å². The number of anilines is 1. The van der Waals surface area contributed by atoms with Crippen LogP contribution in [-0.4, -0.2) is 37.1 Å². The number of hydrogen-bond donors (Lipinski definition) is 2. The molecule has 2 aromatic rings. The first-order valence-electron chi connectivity index (χ1n) is 7.50. The van der Waals surface area contributed by atoms with Gasteiger partial charge in [-0.05, 0) is 19.9 Å². The number of nitrogens with zero attached hydrogens (tertiary/aromatic N) is 4. The third-order valence-electron chi connectivity index (χ3n) is 3.44. The Kier molecular flexibility index (Phi) is 8.40. The van der Waals surface area contributed by atoms with E-state index in [2.05, 4.69) is 38.6 Å². The van der Waals surface area contributed by atoms with E-state index in [1.165, 1.54) is 4.88 Å². The summed E-state index contributed by atoms with van der Waals surface area (Å²) in [5, 5.41) is 7.69. The van der Waals surface area contributed by atoms with E-state index in [0.717, 1.165) is 28.0 Å². The van der Waals surface area contributed by atoms with Crippen LogP contribution in [0.25, 0.3) is 0 Å². The molecule has 0 saturated heterocycles. The summed E-state index contributed by atoms with van der Waals surface area (Å²) < 4.78 is 0. The van der Waals surface area contributed by atoms with Crippen molar-refractivity contribution in [3.05, 3.63) is 39.5 Å². The number of aryl methyl sites for hydroxylation is 2. The molecule has 24 heavy (non-hydrogen) atoms. The average molecular weight is 460 g/mol. The van der Waals surface area contributed by atoms with Gasteiger partial charge in [-0.1, -0.05) is 6.07 Å². The van der Waals surface area contributed by atoms with Crippen LogP contribution in [0.4, 0.5) is 5.82 Å². The molecule has 0 saturated carbocycles. The van der Waals surface area contributed by atoms with Crippen LogP contribution in [0.15, 0.2) is 23.3 Å². The van der Waals surface area contributed by atoms with Crippen molar-refractivity contribution in [2.75, 3.05) is 26.0 Å². The number of rotatable bonds is 5. The Morgan fingerprint density at radius 1 is 1.25 bits per heavy atom. The second kappa shape index (κ2) is 9.77. The smallest absolute Gasteiger partial charge is 0.191 e. The van der Waals surface area contributed by atoms with Crippen molar-refractivity contribution in [3.63, 3.8) is 0 Å². The molecule has 0 aliphatic heterocycles. The minimum Gasteiger partial charge on any atom is -0.362 e. The van der Waals surface area contributed by atoms with Crippen LogP contribution in [0.5, 0.6) is 0 Å². The van der Waals surface area contributed by atoms with Gasteiger partial charge in [0, 0.05) is 44.3 Å². The highest BCUT2D eigenvalue weighted by Gasteiger charge is 2.07. The van der Waals surface area contributed by atoms with E-state index in [4.69, 9.17) is 0 Å². The van der Waals surface area contributed by atoms with Crippen LogP contribution < -0.4 is 15.5 Å². The number of aromatic nitrogens is 2. The van der Waals surface area contributed by atoms with Crippen LogP contribution in [0.1, 0.15) is 21.1 Å². The molecule has 0 unspecified atom stereocenters. The lowest BCUT2D eigenvalue weighted by molar-refractivity contribution is 0.799. The molecule has 8 heteroatoms. The second-order valence-electron chi connectivity index (χ2n) is 5.41. The summed E-state index contributed by atoms with van der Waals surface area (Å²) in [5.74, 6) is 1.71. The Morgan fingerprint density at radius 2 is 1.96 bits per heavy atom. The van der Waals surface area contributed by atoms with Crippen molar-refractivity contribution in [1.82, 2.24) is 20.6 Å². The Hall–Kier alpha value is -1.42. The number of thiazole rings is 1. The number of halogens is 1. The third-order valence-corrected chi connectivity index (χ3v) is 4.51. The SMILES string of the molecule is CN=C(NCc1nc(C)c(C)s1)NCc1cccnc1N(C)C.I. The van der Waals surface area contributed by atoms with Crippen LogP contribution in [0.3, 0.4) is 0 Å². The van der Waals surface area contributed by atoms with Gasteiger partial charge in [0.05, 0.1) is 12.2 Å². The highest BCUT2D eigenvalue weighted by Crippen LogP contribution is 2.16. The molecular weight excluding hydrogens is 435 g/mol. The summed E-state index contributed by atoms with van der Waals surface area (Å²) in [6.07, 6.45) is 1.80. The maximum atomic E-state index is 4.53. The van der Waals surface area contributed by atoms with E-state index >= 15 is 0 Å². The summed E-state index contributed by atoms with van der Waals surface area (Å²) in [6, 6.07) is 4.01. The van der Waals surface area contributed by atoms with Gasteiger partial charge in [0.1, 0.15) is 10.8 Å². The maximum Gasteiger partial charge on any atom is 0.191 e. The van der Waals surface area contributed by atoms with Crippen molar-refractivity contribution in [2.24, 2.45) is 4.99 Å². The Labute approximate surface area is 164 Å². The first kappa shape index (κ1) is 20.6. The minimum absolute atomic E-state index is 0. The Bertz CT molecular complexity index is 663. The molecule has 2 N–H and O–H groups in total. The van der Waals surface area contributed by atoms with E-state index < -0.39 is 0 Å². The van der Waals surface area contributed by atoms with Crippen molar-refractivity contribution in [2.45, 2.75) is 26.9 Å². The molecule has 2 aromatic heterocycles.